The first-order valence-electron chi connectivity index (χ1n) is 4.67. The molecule has 0 heterocycles. The molecule has 0 radical (unpaired) electrons. The number of carbonyl (C=O) groups excluding carboxylic acids is 1. The molecule has 6 heteroatoms. The van der Waals surface area contributed by atoms with Crippen LogP contribution in [0.2, 0.25) is 0 Å². The third kappa shape index (κ3) is 3.39. The van der Waals surface area contributed by atoms with Crippen molar-refractivity contribution in [2.24, 2.45) is 0 Å². The van der Waals surface area contributed by atoms with Gasteiger partial charge in [-0.25, -0.2) is 0 Å². The Morgan fingerprint density at radius 1 is 1.41 bits per heavy atom. The Kier molecular flexibility index (Phi) is 4.49. The molecule has 1 aromatic rings. The van der Waals surface area contributed by atoms with Crippen molar-refractivity contribution in [3.63, 3.8) is 0 Å². The van der Waals surface area contributed by atoms with Crippen LogP contribution in [0.5, 0.6) is 0 Å². The quantitative estimate of drug-likeness (QED) is 0.607. The van der Waals surface area contributed by atoms with Crippen LogP contribution in [-0.2, 0) is 11.0 Å². The van der Waals surface area contributed by atoms with Gasteiger partial charge in [0.1, 0.15) is 5.38 Å². The molecule has 1 nitrogen and oxygen atoms in total. The first-order valence-corrected chi connectivity index (χ1v) is 6.33. The van der Waals surface area contributed by atoms with Gasteiger partial charge in [-0.15, -0.1) is 23.4 Å². The van der Waals surface area contributed by atoms with E-state index in [0.717, 1.165) is 12.1 Å². The monoisotopic (exact) mass is 282 g/mol. The van der Waals surface area contributed by atoms with Crippen LogP contribution in [0.25, 0.3) is 0 Å². The highest BCUT2D eigenvalue weighted by molar-refractivity contribution is 7.98. The van der Waals surface area contributed by atoms with E-state index in [0.29, 0.717) is 4.90 Å². The van der Waals surface area contributed by atoms with E-state index in [-0.39, 0.29) is 11.3 Å². The fourth-order valence-electron chi connectivity index (χ4n) is 1.33. The minimum Gasteiger partial charge on any atom is -0.298 e. The molecule has 1 atom stereocenters. The third-order valence-electron chi connectivity index (χ3n) is 2.19. The Labute approximate surface area is 106 Å². The van der Waals surface area contributed by atoms with Gasteiger partial charge in [-0.3, -0.25) is 4.79 Å². The Morgan fingerprint density at radius 3 is 2.41 bits per heavy atom. The summed E-state index contributed by atoms with van der Waals surface area (Å²) in [6.07, 6.45) is -2.71. The van der Waals surface area contributed by atoms with Crippen molar-refractivity contribution in [2.45, 2.75) is 23.4 Å². The van der Waals surface area contributed by atoms with Gasteiger partial charge in [0.2, 0.25) is 0 Å². The fraction of sp³-hybridized carbons (Fsp3) is 0.364. The van der Waals surface area contributed by atoms with Crippen LogP contribution in [-0.4, -0.2) is 12.0 Å². The maximum Gasteiger partial charge on any atom is 0.416 e. The molecule has 0 aliphatic heterocycles. The lowest BCUT2D eigenvalue weighted by Gasteiger charge is -2.14. The number of hydrogen-bond donors (Lipinski definition) is 0. The van der Waals surface area contributed by atoms with Crippen LogP contribution in [0.3, 0.4) is 0 Å². The van der Waals surface area contributed by atoms with Crippen molar-refractivity contribution in [3.8, 4) is 0 Å². The number of hydrogen-bond acceptors (Lipinski definition) is 2. The summed E-state index contributed by atoms with van der Waals surface area (Å²) < 4.78 is 37.6. The van der Waals surface area contributed by atoms with Gasteiger partial charge < -0.3 is 0 Å². The van der Waals surface area contributed by atoms with Crippen molar-refractivity contribution in [1.82, 2.24) is 0 Å². The second-order valence-electron chi connectivity index (χ2n) is 3.43. The number of Topliss-reactive ketones (excluding diaryl/α,β-unsaturated/α-hetero) is 1. The number of thioether (sulfide) groups is 1. The minimum absolute atomic E-state index is 0.210. The van der Waals surface area contributed by atoms with Gasteiger partial charge in [-0.05, 0) is 36.9 Å². The molecule has 0 aromatic heterocycles. The van der Waals surface area contributed by atoms with Crippen molar-refractivity contribution in [1.29, 1.82) is 0 Å². The zero-order valence-electron chi connectivity index (χ0n) is 9.14. The Bertz CT molecular complexity index is 431. The third-order valence-corrected chi connectivity index (χ3v) is 3.54. The second-order valence-corrected chi connectivity index (χ2v) is 4.71. The summed E-state index contributed by atoms with van der Waals surface area (Å²) in [6, 6.07) is 3.26. The zero-order valence-corrected chi connectivity index (χ0v) is 10.7. The van der Waals surface area contributed by atoms with E-state index in [1.807, 2.05) is 0 Å². The molecule has 0 N–H and O–H groups in total. The van der Waals surface area contributed by atoms with Crippen LogP contribution < -0.4 is 0 Å². The topological polar surface area (TPSA) is 17.1 Å². The summed E-state index contributed by atoms with van der Waals surface area (Å²) in [5.41, 5.74) is -0.585. The molecule has 0 spiro atoms. The van der Waals surface area contributed by atoms with Gasteiger partial charge in [0.05, 0.1) is 5.56 Å². The van der Waals surface area contributed by atoms with Gasteiger partial charge >= 0.3 is 6.18 Å². The van der Waals surface area contributed by atoms with Crippen LogP contribution in [0.4, 0.5) is 13.2 Å². The second kappa shape index (κ2) is 5.31. The number of carbonyl (C=O) groups is 1. The number of benzene rings is 1. The van der Waals surface area contributed by atoms with E-state index >= 15 is 0 Å². The van der Waals surface area contributed by atoms with Crippen molar-refractivity contribution < 1.29 is 18.0 Å². The molecule has 1 unspecified atom stereocenters. The van der Waals surface area contributed by atoms with Crippen LogP contribution in [0.1, 0.15) is 23.4 Å². The van der Waals surface area contributed by atoms with E-state index in [1.54, 1.807) is 6.26 Å². The molecule has 0 fully saturated rings. The number of halogens is 4. The predicted molar refractivity (Wildman–Crippen MR) is 62.5 cm³/mol. The normalized spacial score (nSPS) is 13.5. The van der Waals surface area contributed by atoms with E-state index in [9.17, 15) is 18.0 Å². The predicted octanol–water partition coefficient (Wildman–Crippen LogP) is 4.30. The van der Waals surface area contributed by atoms with Crippen LogP contribution >= 0.6 is 23.4 Å². The SMILES string of the molecule is CSc1ccc(C(F)(F)F)cc1C(Cl)C(C)=O. The van der Waals surface area contributed by atoms with Gasteiger partial charge in [-0.2, -0.15) is 13.2 Å². The first-order chi connectivity index (χ1) is 7.77. The maximum atomic E-state index is 12.5. The number of rotatable bonds is 3. The van der Waals surface area contributed by atoms with E-state index < -0.39 is 17.1 Å². The molecule has 0 aliphatic rings. The molecule has 0 aliphatic carbocycles. The highest BCUT2D eigenvalue weighted by atomic mass is 35.5. The summed E-state index contributed by atoms with van der Waals surface area (Å²) in [6.45, 7) is 1.25. The minimum atomic E-state index is -4.43. The van der Waals surface area contributed by atoms with Gasteiger partial charge in [-0.1, -0.05) is 0 Å². The molecule has 1 aromatic carbocycles. The van der Waals surface area contributed by atoms with Gasteiger partial charge in [0, 0.05) is 4.90 Å². The molecule has 0 amide bonds. The van der Waals surface area contributed by atoms with Gasteiger partial charge in [0.15, 0.2) is 5.78 Å². The molecule has 0 saturated carbocycles. The molecule has 94 valence electrons. The Balaban J connectivity index is 3.29. The molecule has 0 saturated heterocycles. The van der Waals surface area contributed by atoms with Crippen molar-refractivity contribution >= 4 is 29.1 Å². The smallest absolute Gasteiger partial charge is 0.298 e. The largest absolute Gasteiger partial charge is 0.416 e. The number of ketones is 1. The molecule has 1 rings (SSSR count). The Morgan fingerprint density at radius 2 is 2.00 bits per heavy atom. The lowest BCUT2D eigenvalue weighted by atomic mass is 10.1. The average molecular weight is 283 g/mol. The first kappa shape index (κ1) is 14.4. The van der Waals surface area contributed by atoms with Crippen LogP contribution in [0.15, 0.2) is 23.1 Å². The zero-order chi connectivity index (χ0) is 13.2. The summed E-state index contributed by atoms with van der Waals surface area (Å²) >= 11 is 7.07. The van der Waals surface area contributed by atoms with Crippen molar-refractivity contribution in [3.05, 3.63) is 29.3 Å². The van der Waals surface area contributed by atoms with Crippen molar-refractivity contribution in [2.75, 3.05) is 6.26 Å². The lowest BCUT2D eigenvalue weighted by molar-refractivity contribution is -0.137. The molecular weight excluding hydrogens is 273 g/mol. The lowest BCUT2D eigenvalue weighted by Crippen LogP contribution is -2.09. The van der Waals surface area contributed by atoms with Crippen LogP contribution in [0, 0.1) is 0 Å². The molecule has 17 heavy (non-hydrogen) atoms. The molecule has 0 bridgehead atoms. The summed E-state index contributed by atoms with van der Waals surface area (Å²) in [4.78, 5) is 11.7. The molecular formula is C11H10ClF3OS. The Hall–Kier alpha value is -0.680. The van der Waals surface area contributed by atoms with E-state index in [4.69, 9.17) is 11.6 Å². The summed E-state index contributed by atoms with van der Waals surface area (Å²) in [5.74, 6) is -0.374. The summed E-state index contributed by atoms with van der Waals surface area (Å²) in [5, 5.41) is -1.04. The maximum absolute atomic E-state index is 12.5. The highest BCUT2D eigenvalue weighted by Crippen LogP contribution is 2.36. The highest BCUT2D eigenvalue weighted by Gasteiger charge is 2.32. The standard InChI is InChI=1S/C11H10ClF3OS/c1-6(16)10(12)8-5-7(11(13,14)15)3-4-9(8)17-2/h3-5,10H,1-2H3. The fourth-order valence-corrected chi connectivity index (χ4v) is 2.19. The van der Waals surface area contributed by atoms with Gasteiger partial charge in [0.25, 0.3) is 0 Å². The number of alkyl halides is 4. The average Bonchev–Trinajstić information content (AvgIpc) is 2.25. The summed E-state index contributed by atoms with van der Waals surface area (Å²) in [7, 11) is 0. The van der Waals surface area contributed by atoms with E-state index in [2.05, 4.69) is 0 Å². The van der Waals surface area contributed by atoms with E-state index in [1.165, 1.54) is 24.8 Å².